The summed E-state index contributed by atoms with van der Waals surface area (Å²) in [7, 11) is 0. The van der Waals surface area contributed by atoms with Gasteiger partial charge in [0.2, 0.25) is 0 Å². The summed E-state index contributed by atoms with van der Waals surface area (Å²) < 4.78 is 0. The van der Waals surface area contributed by atoms with E-state index in [2.05, 4.69) is 16.6 Å². The first kappa shape index (κ1) is 6.86. The van der Waals surface area contributed by atoms with Gasteiger partial charge in [0.1, 0.15) is 0 Å². The minimum absolute atomic E-state index is 0.300. The fourth-order valence-electron chi connectivity index (χ4n) is 1.24. The van der Waals surface area contributed by atoms with Gasteiger partial charge in [-0.3, -0.25) is 5.43 Å². The Morgan fingerprint density at radius 1 is 1.42 bits per heavy atom. The van der Waals surface area contributed by atoms with Crippen LogP contribution in [0.5, 0.6) is 0 Å². The van der Waals surface area contributed by atoms with E-state index in [1.807, 2.05) is 24.3 Å². The zero-order chi connectivity index (χ0) is 8.39. The second kappa shape index (κ2) is 2.67. The number of fused-ring (bicyclic) bond motifs is 1. The summed E-state index contributed by atoms with van der Waals surface area (Å²) in [6.07, 6.45) is 1.73. The van der Waals surface area contributed by atoms with Gasteiger partial charge in [0.05, 0.1) is 12.3 Å². The summed E-state index contributed by atoms with van der Waals surface area (Å²) in [4.78, 5) is 0. The summed E-state index contributed by atoms with van der Waals surface area (Å²) in [6.45, 7) is 0. The summed E-state index contributed by atoms with van der Waals surface area (Å²) in [5.74, 6) is 0. The van der Waals surface area contributed by atoms with Crippen LogP contribution in [0.2, 0.25) is 0 Å². The van der Waals surface area contributed by atoms with Gasteiger partial charge in [-0.15, -0.1) is 0 Å². The van der Waals surface area contributed by atoms with Crippen molar-refractivity contribution >= 4 is 6.21 Å². The molecule has 0 saturated carbocycles. The molecular weight excluding hydrogens is 150 g/mol. The van der Waals surface area contributed by atoms with Crippen LogP contribution in [-0.2, 0) is 0 Å². The molecule has 0 radical (unpaired) electrons. The zero-order valence-electron chi connectivity index (χ0n) is 6.36. The summed E-state index contributed by atoms with van der Waals surface area (Å²) >= 11 is 0. The molecule has 1 heterocycles. The number of nitrogens with one attached hydrogen (secondary N) is 1. The Morgan fingerprint density at radius 2 is 2.25 bits per heavy atom. The van der Waals surface area contributed by atoms with Crippen molar-refractivity contribution in [2.45, 2.75) is 6.04 Å². The van der Waals surface area contributed by atoms with Gasteiger partial charge >= 0.3 is 0 Å². The Labute approximate surface area is 70.3 Å². The number of benzene rings is 1. The molecule has 1 N–H and O–H groups in total. The first-order valence-corrected chi connectivity index (χ1v) is 3.69. The molecule has 58 valence electrons. The molecule has 0 aromatic heterocycles. The molecule has 12 heavy (non-hydrogen) atoms. The van der Waals surface area contributed by atoms with E-state index in [9.17, 15) is 0 Å². The summed E-state index contributed by atoms with van der Waals surface area (Å²) in [6, 6.07) is 9.57. The highest BCUT2D eigenvalue weighted by Gasteiger charge is 2.14. The van der Waals surface area contributed by atoms with Crippen LogP contribution in [0.15, 0.2) is 29.4 Å². The third kappa shape index (κ3) is 0.940. The fourth-order valence-corrected chi connectivity index (χ4v) is 1.24. The van der Waals surface area contributed by atoms with Crippen LogP contribution in [-0.4, -0.2) is 6.21 Å². The largest absolute Gasteiger partial charge is 0.288 e. The average Bonchev–Trinajstić information content (AvgIpc) is 2.17. The Hall–Kier alpha value is -1.82. The maximum atomic E-state index is 8.75. The molecule has 0 amide bonds. The van der Waals surface area contributed by atoms with Crippen LogP contribution < -0.4 is 5.43 Å². The monoisotopic (exact) mass is 157 g/mol. The molecule has 1 aromatic rings. The predicted molar refractivity (Wildman–Crippen MR) is 45.5 cm³/mol. The second-order valence-corrected chi connectivity index (χ2v) is 2.58. The van der Waals surface area contributed by atoms with Crippen molar-refractivity contribution in [2.75, 3.05) is 0 Å². The molecule has 0 bridgehead atoms. The number of nitrogens with zero attached hydrogens (tertiary/aromatic N) is 2. The van der Waals surface area contributed by atoms with Gasteiger partial charge in [0.25, 0.3) is 0 Å². The van der Waals surface area contributed by atoms with E-state index in [1.54, 1.807) is 6.21 Å². The van der Waals surface area contributed by atoms with E-state index in [1.165, 1.54) is 0 Å². The topological polar surface area (TPSA) is 48.2 Å². The average molecular weight is 157 g/mol. The highest BCUT2D eigenvalue weighted by molar-refractivity contribution is 5.83. The van der Waals surface area contributed by atoms with E-state index in [4.69, 9.17) is 5.26 Å². The number of hydrogen-bond acceptors (Lipinski definition) is 3. The lowest BCUT2D eigenvalue weighted by molar-refractivity contribution is 0.661. The number of hydrogen-bond donors (Lipinski definition) is 1. The van der Waals surface area contributed by atoms with Gasteiger partial charge in [-0.05, 0) is 5.56 Å². The molecule has 0 aliphatic carbocycles. The van der Waals surface area contributed by atoms with Gasteiger partial charge in [0.15, 0.2) is 6.04 Å². The van der Waals surface area contributed by atoms with Crippen molar-refractivity contribution in [1.29, 1.82) is 5.26 Å². The molecule has 1 aliphatic rings. The lowest BCUT2D eigenvalue weighted by Crippen LogP contribution is -2.19. The Kier molecular flexibility index (Phi) is 1.52. The van der Waals surface area contributed by atoms with Gasteiger partial charge < -0.3 is 0 Å². The van der Waals surface area contributed by atoms with E-state index in [0.717, 1.165) is 11.1 Å². The van der Waals surface area contributed by atoms with Crippen LogP contribution in [0.4, 0.5) is 0 Å². The number of hydrazone groups is 1. The van der Waals surface area contributed by atoms with Gasteiger partial charge in [-0.25, -0.2) is 0 Å². The second-order valence-electron chi connectivity index (χ2n) is 2.58. The highest BCUT2D eigenvalue weighted by atomic mass is 15.3. The van der Waals surface area contributed by atoms with Crippen molar-refractivity contribution in [3.63, 3.8) is 0 Å². The minimum Gasteiger partial charge on any atom is -0.288 e. The molecular formula is C9H7N3. The van der Waals surface area contributed by atoms with E-state index in [0.29, 0.717) is 0 Å². The summed E-state index contributed by atoms with van der Waals surface area (Å²) in [5.41, 5.74) is 4.75. The Morgan fingerprint density at radius 3 is 3.08 bits per heavy atom. The summed E-state index contributed by atoms with van der Waals surface area (Å²) in [5, 5.41) is 12.6. The lowest BCUT2D eigenvalue weighted by atomic mass is 10.0. The number of rotatable bonds is 0. The fraction of sp³-hybridized carbons (Fsp3) is 0.111. The smallest absolute Gasteiger partial charge is 0.156 e. The first-order chi connectivity index (χ1) is 5.92. The molecule has 1 atom stereocenters. The highest BCUT2D eigenvalue weighted by Crippen LogP contribution is 2.18. The molecule has 1 aromatic carbocycles. The first-order valence-electron chi connectivity index (χ1n) is 3.69. The third-order valence-corrected chi connectivity index (χ3v) is 1.84. The lowest BCUT2D eigenvalue weighted by Gasteiger charge is -2.15. The number of nitriles is 1. The van der Waals surface area contributed by atoms with Crippen LogP contribution >= 0.6 is 0 Å². The van der Waals surface area contributed by atoms with Crippen molar-refractivity contribution in [3.05, 3.63) is 35.4 Å². The Balaban J connectivity index is 2.54. The van der Waals surface area contributed by atoms with Gasteiger partial charge in [-0.1, -0.05) is 24.3 Å². The quantitative estimate of drug-likeness (QED) is 0.614. The molecule has 0 fully saturated rings. The zero-order valence-corrected chi connectivity index (χ0v) is 6.36. The molecule has 1 unspecified atom stereocenters. The van der Waals surface area contributed by atoms with Gasteiger partial charge in [-0.2, -0.15) is 10.4 Å². The van der Waals surface area contributed by atoms with Crippen LogP contribution in [0.3, 0.4) is 0 Å². The molecule has 0 spiro atoms. The van der Waals surface area contributed by atoms with Crippen molar-refractivity contribution in [1.82, 2.24) is 5.43 Å². The molecule has 3 nitrogen and oxygen atoms in total. The maximum absolute atomic E-state index is 8.75. The SMILES string of the molecule is N#CC1NN=Cc2ccccc21. The van der Waals surface area contributed by atoms with E-state index in [-0.39, 0.29) is 6.04 Å². The van der Waals surface area contributed by atoms with Gasteiger partial charge in [0, 0.05) is 5.56 Å². The molecule has 1 aliphatic heterocycles. The van der Waals surface area contributed by atoms with Crippen molar-refractivity contribution < 1.29 is 0 Å². The predicted octanol–water partition coefficient (Wildman–Crippen LogP) is 1.19. The van der Waals surface area contributed by atoms with Crippen LogP contribution in [0, 0.1) is 11.3 Å². The Bertz CT molecular complexity index is 362. The standard InChI is InChI=1S/C9H7N3/c10-5-9-8-4-2-1-3-7(8)6-11-12-9/h1-4,6,9,12H. The van der Waals surface area contributed by atoms with Crippen LogP contribution in [0.1, 0.15) is 17.2 Å². The minimum atomic E-state index is -0.300. The van der Waals surface area contributed by atoms with E-state index >= 15 is 0 Å². The normalized spacial score (nSPS) is 19.1. The maximum Gasteiger partial charge on any atom is 0.156 e. The van der Waals surface area contributed by atoms with Crippen molar-refractivity contribution in [2.24, 2.45) is 5.10 Å². The van der Waals surface area contributed by atoms with Crippen LogP contribution in [0.25, 0.3) is 0 Å². The van der Waals surface area contributed by atoms with Crippen molar-refractivity contribution in [3.8, 4) is 6.07 Å². The molecule has 0 saturated heterocycles. The third-order valence-electron chi connectivity index (χ3n) is 1.84. The molecule has 3 heteroatoms. The van der Waals surface area contributed by atoms with E-state index < -0.39 is 0 Å². The molecule has 2 rings (SSSR count).